The first-order valence-electron chi connectivity index (χ1n) is 5.15. The molecule has 0 fully saturated rings. The molecule has 0 bridgehead atoms. The Balaban J connectivity index is 1.76. The van der Waals surface area contributed by atoms with Gasteiger partial charge < -0.3 is 9.84 Å². The molecular formula is C11H11F2N3O. The van der Waals surface area contributed by atoms with Crippen molar-refractivity contribution in [2.24, 2.45) is 0 Å². The number of benzene rings is 1. The van der Waals surface area contributed by atoms with Crippen molar-refractivity contribution >= 4 is 0 Å². The Bertz CT molecular complexity index is 474. The lowest BCUT2D eigenvalue weighted by molar-refractivity contribution is 0.409. The second-order valence-electron chi connectivity index (χ2n) is 3.52. The lowest BCUT2D eigenvalue weighted by Crippen LogP contribution is -2.17. The van der Waals surface area contributed by atoms with E-state index in [1.807, 2.05) is 0 Å². The van der Waals surface area contributed by atoms with E-state index >= 15 is 0 Å². The number of nitrogens with zero attached hydrogens (tertiary/aromatic N) is 2. The Morgan fingerprint density at radius 1 is 1.24 bits per heavy atom. The summed E-state index contributed by atoms with van der Waals surface area (Å²) in [5, 5.41) is 6.73. The van der Waals surface area contributed by atoms with Gasteiger partial charge in [0.05, 0.1) is 0 Å². The Morgan fingerprint density at radius 3 is 2.82 bits per heavy atom. The topological polar surface area (TPSA) is 51.0 Å². The predicted octanol–water partition coefficient (Wildman–Crippen LogP) is 1.68. The third-order valence-corrected chi connectivity index (χ3v) is 2.25. The van der Waals surface area contributed by atoms with Crippen LogP contribution in [0.2, 0.25) is 0 Å². The van der Waals surface area contributed by atoms with Crippen molar-refractivity contribution in [2.75, 3.05) is 6.54 Å². The molecule has 2 aromatic rings. The molecule has 0 aliphatic carbocycles. The SMILES string of the molecule is Fc1ccc(CNCCc2ncon2)cc1F. The van der Waals surface area contributed by atoms with E-state index in [0.717, 1.165) is 6.07 Å². The number of hydrogen-bond donors (Lipinski definition) is 1. The number of halogens is 2. The third kappa shape index (κ3) is 3.32. The van der Waals surface area contributed by atoms with E-state index < -0.39 is 11.6 Å². The van der Waals surface area contributed by atoms with Crippen LogP contribution in [0.25, 0.3) is 0 Å². The van der Waals surface area contributed by atoms with Gasteiger partial charge in [-0.1, -0.05) is 11.2 Å². The standard InChI is InChI=1S/C11H11F2N3O/c12-9-2-1-8(5-10(9)13)6-14-4-3-11-15-7-17-16-11/h1-2,5,7,14H,3-4,6H2. The second-order valence-corrected chi connectivity index (χ2v) is 3.52. The molecule has 0 saturated heterocycles. The zero-order valence-electron chi connectivity index (χ0n) is 8.99. The maximum atomic E-state index is 12.9. The van der Waals surface area contributed by atoms with Crippen LogP contribution in [0, 0.1) is 11.6 Å². The highest BCUT2D eigenvalue weighted by atomic mass is 19.2. The van der Waals surface area contributed by atoms with E-state index in [9.17, 15) is 8.78 Å². The summed E-state index contributed by atoms with van der Waals surface area (Å²) >= 11 is 0. The van der Waals surface area contributed by atoms with Crippen LogP contribution in [0.5, 0.6) is 0 Å². The van der Waals surface area contributed by atoms with Gasteiger partial charge in [-0.15, -0.1) is 0 Å². The molecule has 4 nitrogen and oxygen atoms in total. The molecule has 2 rings (SSSR count). The highest BCUT2D eigenvalue weighted by Gasteiger charge is 2.02. The van der Waals surface area contributed by atoms with Crippen LogP contribution >= 0.6 is 0 Å². The second kappa shape index (κ2) is 5.49. The smallest absolute Gasteiger partial charge is 0.213 e. The lowest BCUT2D eigenvalue weighted by atomic mass is 10.2. The molecule has 0 amide bonds. The highest BCUT2D eigenvalue weighted by molar-refractivity contribution is 5.17. The van der Waals surface area contributed by atoms with E-state index in [2.05, 4.69) is 20.0 Å². The fourth-order valence-corrected chi connectivity index (χ4v) is 1.39. The van der Waals surface area contributed by atoms with Crippen molar-refractivity contribution in [1.82, 2.24) is 15.5 Å². The molecule has 0 aliphatic heterocycles. The molecule has 0 aliphatic rings. The molecule has 1 aromatic heterocycles. The third-order valence-electron chi connectivity index (χ3n) is 2.25. The summed E-state index contributed by atoms with van der Waals surface area (Å²) in [7, 11) is 0. The van der Waals surface area contributed by atoms with Crippen LogP contribution in [0.4, 0.5) is 8.78 Å². The van der Waals surface area contributed by atoms with E-state index in [1.165, 1.54) is 12.5 Å². The van der Waals surface area contributed by atoms with Gasteiger partial charge in [-0.25, -0.2) is 8.78 Å². The lowest BCUT2D eigenvalue weighted by Gasteiger charge is -2.03. The fourth-order valence-electron chi connectivity index (χ4n) is 1.39. The molecular weight excluding hydrogens is 228 g/mol. The van der Waals surface area contributed by atoms with Gasteiger partial charge >= 0.3 is 0 Å². The molecule has 0 radical (unpaired) electrons. The quantitative estimate of drug-likeness (QED) is 0.806. The van der Waals surface area contributed by atoms with Crippen LogP contribution in [0.15, 0.2) is 29.1 Å². The molecule has 0 atom stereocenters. The van der Waals surface area contributed by atoms with Crippen LogP contribution < -0.4 is 5.32 Å². The number of hydrogen-bond acceptors (Lipinski definition) is 4. The summed E-state index contributed by atoms with van der Waals surface area (Å²) in [4.78, 5) is 3.86. The Morgan fingerprint density at radius 2 is 2.12 bits per heavy atom. The van der Waals surface area contributed by atoms with Crippen molar-refractivity contribution in [3.05, 3.63) is 47.6 Å². The summed E-state index contributed by atoms with van der Waals surface area (Å²) in [6.07, 6.45) is 1.89. The predicted molar refractivity (Wildman–Crippen MR) is 56.1 cm³/mol. The normalized spacial score (nSPS) is 10.7. The van der Waals surface area contributed by atoms with E-state index in [0.29, 0.717) is 30.9 Å². The van der Waals surface area contributed by atoms with E-state index in [4.69, 9.17) is 0 Å². The van der Waals surface area contributed by atoms with Crippen molar-refractivity contribution in [1.29, 1.82) is 0 Å². The zero-order valence-corrected chi connectivity index (χ0v) is 8.99. The van der Waals surface area contributed by atoms with Crippen LogP contribution in [0.1, 0.15) is 11.4 Å². The fraction of sp³-hybridized carbons (Fsp3) is 0.273. The minimum atomic E-state index is -0.833. The molecule has 0 saturated carbocycles. The van der Waals surface area contributed by atoms with Gasteiger partial charge in [0.15, 0.2) is 17.5 Å². The Hall–Kier alpha value is -1.82. The Labute approximate surface area is 96.6 Å². The summed E-state index contributed by atoms with van der Waals surface area (Å²) < 4.78 is 30.1. The van der Waals surface area contributed by atoms with Crippen molar-refractivity contribution in [2.45, 2.75) is 13.0 Å². The average Bonchev–Trinajstić information content (AvgIpc) is 2.82. The molecule has 1 heterocycles. The first-order chi connectivity index (χ1) is 8.25. The summed E-state index contributed by atoms with van der Waals surface area (Å²) in [6, 6.07) is 3.84. The summed E-state index contributed by atoms with van der Waals surface area (Å²) in [6.45, 7) is 1.10. The van der Waals surface area contributed by atoms with Crippen LogP contribution in [-0.2, 0) is 13.0 Å². The van der Waals surface area contributed by atoms with Crippen molar-refractivity contribution in [3.63, 3.8) is 0 Å². The van der Waals surface area contributed by atoms with Gasteiger partial charge in [-0.05, 0) is 17.7 Å². The minimum absolute atomic E-state index is 0.467. The average molecular weight is 239 g/mol. The van der Waals surface area contributed by atoms with Gasteiger partial charge in [-0.3, -0.25) is 0 Å². The first kappa shape index (κ1) is 11.7. The van der Waals surface area contributed by atoms with Crippen molar-refractivity contribution in [3.8, 4) is 0 Å². The van der Waals surface area contributed by atoms with Gasteiger partial charge in [0.25, 0.3) is 0 Å². The molecule has 1 aromatic carbocycles. The monoisotopic (exact) mass is 239 g/mol. The molecule has 0 unspecified atom stereocenters. The highest BCUT2D eigenvalue weighted by Crippen LogP contribution is 2.08. The minimum Gasteiger partial charge on any atom is -0.343 e. The van der Waals surface area contributed by atoms with Gasteiger partial charge in [0.2, 0.25) is 6.39 Å². The zero-order chi connectivity index (χ0) is 12.1. The first-order valence-corrected chi connectivity index (χ1v) is 5.15. The summed E-state index contributed by atoms with van der Waals surface area (Å²) in [5.74, 6) is -1.05. The maximum absolute atomic E-state index is 12.9. The van der Waals surface area contributed by atoms with E-state index in [1.54, 1.807) is 6.07 Å². The van der Waals surface area contributed by atoms with Gasteiger partial charge in [0.1, 0.15) is 0 Å². The molecule has 6 heteroatoms. The molecule has 0 spiro atoms. The maximum Gasteiger partial charge on any atom is 0.213 e. The van der Waals surface area contributed by atoms with Crippen LogP contribution in [-0.4, -0.2) is 16.7 Å². The summed E-state index contributed by atoms with van der Waals surface area (Å²) in [5.41, 5.74) is 0.692. The van der Waals surface area contributed by atoms with E-state index in [-0.39, 0.29) is 0 Å². The molecule has 90 valence electrons. The Kier molecular flexibility index (Phi) is 3.77. The van der Waals surface area contributed by atoms with Gasteiger partial charge in [0, 0.05) is 19.5 Å². The van der Waals surface area contributed by atoms with Crippen molar-refractivity contribution < 1.29 is 13.3 Å². The number of aromatic nitrogens is 2. The molecule has 1 N–H and O–H groups in total. The molecule has 17 heavy (non-hydrogen) atoms. The largest absolute Gasteiger partial charge is 0.343 e. The van der Waals surface area contributed by atoms with Crippen LogP contribution in [0.3, 0.4) is 0 Å². The van der Waals surface area contributed by atoms with Gasteiger partial charge in [-0.2, -0.15) is 4.98 Å². The number of rotatable bonds is 5. The number of nitrogens with one attached hydrogen (secondary N) is 1.